The fourth-order valence-electron chi connectivity index (χ4n) is 2.25. The summed E-state index contributed by atoms with van der Waals surface area (Å²) in [6, 6.07) is 3.95. The van der Waals surface area contributed by atoms with E-state index in [0.29, 0.717) is 22.0 Å². The average Bonchev–Trinajstić information content (AvgIpc) is 2.86. The van der Waals surface area contributed by atoms with Crippen molar-refractivity contribution in [3.63, 3.8) is 0 Å². The maximum Gasteiger partial charge on any atom is 0.161 e. The van der Waals surface area contributed by atoms with E-state index in [1.807, 2.05) is 13.8 Å². The number of nitrogens with two attached hydrogens (primary N) is 1. The molecule has 1 heterocycles. The molecular formula is C14H18ClFN4O. The molecule has 1 atom stereocenters. The first-order chi connectivity index (χ1) is 9.99. The number of hydrogen-bond acceptors (Lipinski definition) is 4. The zero-order valence-electron chi connectivity index (χ0n) is 12.1. The van der Waals surface area contributed by atoms with E-state index in [2.05, 4.69) is 10.5 Å². The second-order valence-electron chi connectivity index (χ2n) is 4.90. The van der Waals surface area contributed by atoms with Gasteiger partial charge in [0, 0.05) is 16.6 Å². The Morgan fingerprint density at radius 3 is 2.67 bits per heavy atom. The molecule has 5 nitrogen and oxygen atoms in total. The highest BCUT2D eigenvalue weighted by Crippen LogP contribution is 2.33. The lowest BCUT2D eigenvalue weighted by Gasteiger charge is -2.21. The maximum absolute atomic E-state index is 14.2. The van der Waals surface area contributed by atoms with E-state index in [4.69, 9.17) is 22.2 Å². The van der Waals surface area contributed by atoms with Gasteiger partial charge in [-0.3, -0.25) is 10.5 Å². The number of hydrazine groups is 1. The molecule has 0 saturated heterocycles. The Labute approximate surface area is 127 Å². The molecule has 3 N–H and O–H groups in total. The third-order valence-electron chi connectivity index (χ3n) is 3.22. The summed E-state index contributed by atoms with van der Waals surface area (Å²) in [6.07, 6.45) is 1.59. The van der Waals surface area contributed by atoms with Crippen LogP contribution < -0.4 is 16.0 Å². The standard InChI is InChI=1S/C14H18ClFN4O/c1-8(2)20-14(12(21-3)7-18-20)13(19-17)10-5-4-9(15)6-11(10)16/h4-8,13,19H,17H2,1-3H3. The van der Waals surface area contributed by atoms with Crippen molar-refractivity contribution in [2.75, 3.05) is 7.11 Å². The molecule has 0 aliphatic rings. The Bertz CT molecular complexity index is 629. The van der Waals surface area contributed by atoms with Crippen molar-refractivity contribution in [1.29, 1.82) is 0 Å². The largest absolute Gasteiger partial charge is 0.493 e. The predicted octanol–water partition coefficient (Wildman–Crippen LogP) is 2.82. The van der Waals surface area contributed by atoms with Crippen LogP contribution in [0.5, 0.6) is 5.75 Å². The van der Waals surface area contributed by atoms with Crippen LogP contribution >= 0.6 is 11.6 Å². The van der Waals surface area contributed by atoms with Gasteiger partial charge in [0.05, 0.1) is 19.3 Å². The third kappa shape index (κ3) is 3.02. The summed E-state index contributed by atoms with van der Waals surface area (Å²) in [7, 11) is 1.54. The Hall–Kier alpha value is -1.63. The van der Waals surface area contributed by atoms with Gasteiger partial charge < -0.3 is 4.74 Å². The summed E-state index contributed by atoms with van der Waals surface area (Å²) < 4.78 is 21.3. The molecule has 0 radical (unpaired) electrons. The second kappa shape index (κ2) is 6.43. The number of halogens is 2. The lowest BCUT2D eigenvalue weighted by atomic mass is 10.0. The van der Waals surface area contributed by atoms with Gasteiger partial charge in [-0.25, -0.2) is 9.82 Å². The molecule has 0 fully saturated rings. The van der Waals surface area contributed by atoms with Crippen LogP contribution in [0.2, 0.25) is 5.02 Å². The number of nitrogens with zero attached hydrogens (tertiary/aromatic N) is 2. The summed E-state index contributed by atoms with van der Waals surface area (Å²) in [4.78, 5) is 0. The molecule has 0 aliphatic carbocycles. The molecule has 114 valence electrons. The van der Waals surface area contributed by atoms with Crippen molar-refractivity contribution in [3.8, 4) is 5.75 Å². The first kappa shape index (κ1) is 15.8. The van der Waals surface area contributed by atoms with Gasteiger partial charge in [-0.05, 0) is 26.0 Å². The smallest absolute Gasteiger partial charge is 0.161 e. The third-order valence-corrected chi connectivity index (χ3v) is 3.46. The lowest BCUT2D eigenvalue weighted by molar-refractivity contribution is 0.392. The topological polar surface area (TPSA) is 65.1 Å². The van der Waals surface area contributed by atoms with Crippen LogP contribution in [0.4, 0.5) is 4.39 Å². The SMILES string of the molecule is COc1cnn(C(C)C)c1C(NN)c1ccc(Cl)cc1F. The second-order valence-corrected chi connectivity index (χ2v) is 5.34. The van der Waals surface area contributed by atoms with E-state index in [-0.39, 0.29) is 6.04 Å². The van der Waals surface area contributed by atoms with Crippen molar-refractivity contribution in [1.82, 2.24) is 15.2 Å². The van der Waals surface area contributed by atoms with Gasteiger partial charge in [0.2, 0.25) is 0 Å². The molecule has 1 aromatic heterocycles. The van der Waals surface area contributed by atoms with Gasteiger partial charge in [-0.15, -0.1) is 0 Å². The van der Waals surface area contributed by atoms with Crippen molar-refractivity contribution in [2.24, 2.45) is 5.84 Å². The minimum Gasteiger partial charge on any atom is -0.493 e. The quantitative estimate of drug-likeness (QED) is 0.658. The van der Waals surface area contributed by atoms with Gasteiger partial charge >= 0.3 is 0 Å². The normalized spacial score (nSPS) is 12.7. The van der Waals surface area contributed by atoms with Crippen LogP contribution in [0.1, 0.15) is 37.2 Å². The fourth-order valence-corrected chi connectivity index (χ4v) is 2.41. The molecule has 0 spiro atoms. The van der Waals surface area contributed by atoms with Gasteiger partial charge in [0.15, 0.2) is 5.75 Å². The van der Waals surface area contributed by atoms with Crippen molar-refractivity contribution >= 4 is 11.6 Å². The van der Waals surface area contributed by atoms with Crippen LogP contribution in [0, 0.1) is 5.82 Å². The summed E-state index contributed by atoms with van der Waals surface area (Å²) in [6.45, 7) is 3.95. The van der Waals surface area contributed by atoms with E-state index in [0.717, 1.165) is 0 Å². The maximum atomic E-state index is 14.2. The lowest BCUT2D eigenvalue weighted by Crippen LogP contribution is -2.32. The molecular weight excluding hydrogens is 295 g/mol. The highest BCUT2D eigenvalue weighted by molar-refractivity contribution is 6.30. The molecule has 21 heavy (non-hydrogen) atoms. The zero-order valence-corrected chi connectivity index (χ0v) is 12.9. The Morgan fingerprint density at radius 2 is 2.14 bits per heavy atom. The summed E-state index contributed by atoms with van der Waals surface area (Å²) in [5.74, 6) is 5.75. The molecule has 0 saturated carbocycles. The summed E-state index contributed by atoms with van der Waals surface area (Å²) in [5.41, 5.74) is 3.67. The average molecular weight is 313 g/mol. The van der Waals surface area contributed by atoms with Crippen LogP contribution in [-0.2, 0) is 0 Å². The van der Waals surface area contributed by atoms with Crippen molar-refractivity contribution in [3.05, 3.63) is 46.5 Å². The van der Waals surface area contributed by atoms with Crippen LogP contribution in [0.3, 0.4) is 0 Å². The molecule has 2 aromatic rings. The predicted molar refractivity (Wildman–Crippen MR) is 79.7 cm³/mol. The molecule has 0 amide bonds. The minimum absolute atomic E-state index is 0.0788. The number of hydrogen-bond donors (Lipinski definition) is 2. The van der Waals surface area contributed by atoms with Crippen LogP contribution in [0.25, 0.3) is 0 Å². The monoisotopic (exact) mass is 312 g/mol. The Kier molecular flexibility index (Phi) is 4.82. The summed E-state index contributed by atoms with van der Waals surface area (Å²) in [5, 5.41) is 4.61. The van der Waals surface area contributed by atoms with Crippen LogP contribution in [0.15, 0.2) is 24.4 Å². The highest BCUT2D eigenvalue weighted by atomic mass is 35.5. The first-order valence-electron chi connectivity index (χ1n) is 6.52. The van der Waals surface area contributed by atoms with E-state index in [1.54, 1.807) is 23.0 Å². The van der Waals surface area contributed by atoms with Gasteiger partial charge in [-0.1, -0.05) is 17.7 Å². The van der Waals surface area contributed by atoms with E-state index < -0.39 is 11.9 Å². The van der Waals surface area contributed by atoms with Gasteiger partial charge in [0.1, 0.15) is 11.5 Å². The number of benzene rings is 1. The molecule has 0 aliphatic heterocycles. The highest BCUT2D eigenvalue weighted by Gasteiger charge is 2.26. The number of nitrogens with one attached hydrogen (secondary N) is 1. The van der Waals surface area contributed by atoms with Crippen molar-refractivity contribution in [2.45, 2.75) is 25.9 Å². The van der Waals surface area contributed by atoms with Crippen LogP contribution in [-0.4, -0.2) is 16.9 Å². The molecule has 1 aromatic carbocycles. The van der Waals surface area contributed by atoms with E-state index in [1.165, 1.54) is 13.2 Å². The van der Waals surface area contributed by atoms with Gasteiger partial charge in [-0.2, -0.15) is 5.10 Å². The van der Waals surface area contributed by atoms with E-state index in [9.17, 15) is 4.39 Å². The number of rotatable bonds is 5. The van der Waals surface area contributed by atoms with Gasteiger partial charge in [0.25, 0.3) is 0 Å². The van der Waals surface area contributed by atoms with E-state index >= 15 is 0 Å². The molecule has 0 bridgehead atoms. The Morgan fingerprint density at radius 1 is 1.43 bits per heavy atom. The molecule has 1 unspecified atom stereocenters. The number of methoxy groups -OCH3 is 1. The molecule has 2 rings (SSSR count). The number of ether oxygens (including phenoxy) is 1. The summed E-state index contributed by atoms with van der Waals surface area (Å²) >= 11 is 5.80. The zero-order chi connectivity index (χ0) is 15.6. The Balaban J connectivity index is 2.58. The van der Waals surface area contributed by atoms with Crippen molar-refractivity contribution < 1.29 is 9.13 Å². The first-order valence-corrected chi connectivity index (χ1v) is 6.89. The molecule has 7 heteroatoms. The fraction of sp³-hybridized carbons (Fsp3) is 0.357. The number of aromatic nitrogens is 2. The minimum atomic E-state index is -0.595.